The molecule has 1 aliphatic rings. The first kappa shape index (κ1) is 12.4. The van der Waals surface area contributed by atoms with Crippen molar-refractivity contribution in [2.75, 3.05) is 13.7 Å². The second-order valence-electron chi connectivity index (χ2n) is 4.89. The quantitative estimate of drug-likeness (QED) is 0.872. The molecule has 2 rings (SSSR count). The molecule has 0 bridgehead atoms. The fourth-order valence-corrected chi connectivity index (χ4v) is 2.41. The number of hydrogen-bond donors (Lipinski definition) is 1. The van der Waals surface area contributed by atoms with Crippen LogP contribution >= 0.6 is 0 Å². The highest BCUT2D eigenvalue weighted by molar-refractivity contribution is 5.31. The van der Waals surface area contributed by atoms with Gasteiger partial charge in [0.1, 0.15) is 0 Å². The molecule has 0 radical (unpaired) electrons. The van der Waals surface area contributed by atoms with Gasteiger partial charge in [-0.3, -0.25) is 0 Å². The van der Waals surface area contributed by atoms with Gasteiger partial charge in [0.05, 0.1) is 7.11 Å². The molecule has 1 heterocycles. The van der Waals surface area contributed by atoms with E-state index in [1.165, 1.54) is 20.0 Å². The van der Waals surface area contributed by atoms with E-state index in [1.54, 1.807) is 6.07 Å². The third-order valence-corrected chi connectivity index (χ3v) is 3.53. The number of nitrogens with one attached hydrogen (secondary N) is 1. The highest BCUT2D eigenvalue weighted by Gasteiger charge is 2.19. The minimum atomic E-state index is -0.200. The zero-order valence-electron chi connectivity index (χ0n) is 10.5. The molecule has 1 N–H and O–H groups in total. The molecule has 0 aromatic heterocycles. The Morgan fingerprint density at radius 2 is 2.24 bits per heavy atom. The molecule has 1 aliphatic heterocycles. The summed E-state index contributed by atoms with van der Waals surface area (Å²) < 4.78 is 19.0. The normalized spacial score (nSPS) is 24.6. The molecule has 3 heteroatoms. The molecule has 0 amide bonds. The number of methoxy groups -OCH3 is 1. The molecule has 94 valence electrons. The Morgan fingerprint density at radius 1 is 1.41 bits per heavy atom. The zero-order chi connectivity index (χ0) is 12.3. The third kappa shape index (κ3) is 2.97. The van der Waals surface area contributed by atoms with Gasteiger partial charge in [-0.25, -0.2) is 4.39 Å². The summed E-state index contributed by atoms with van der Waals surface area (Å²) >= 11 is 0. The summed E-state index contributed by atoms with van der Waals surface area (Å²) in [6, 6.07) is 5.98. The third-order valence-electron chi connectivity index (χ3n) is 3.53. The fraction of sp³-hybridized carbons (Fsp3) is 0.571. The van der Waals surface area contributed by atoms with Gasteiger partial charge in [-0.2, -0.15) is 0 Å². The lowest BCUT2D eigenvalue weighted by Gasteiger charge is -2.27. The van der Waals surface area contributed by atoms with Gasteiger partial charge in [0.25, 0.3) is 0 Å². The van der Waals surface area contributed by atoms with E-state index in [0.717, 1.165) is 18.5 Å². The van der Waals surface area contributed by atoms with Crippen molar-refractivity contribution in [3.8, 4) is 5.75 Å². The highest BCUT2D eigenvalue weighted by Crippen LogP contribution is 2.25. The van der Waals surface area contributed by atoms with Crippen LogP contribution in [0.15, 0.2) is 18.2 Å². The first-order valence-electron chi connectivity index (χ1n) is 6.25. The Labute approximate surface area is 102 Å². The number of hydrogen-bond acceptors (Lipinski definition) is 2. The molecule has 2 unspecified atom stereocenters. The van der Waals surface area contributed by atoms with Crippen molar-refractivity contribution >= 4 is 0 Å². The van der Waals surface area contributed by atoms with Gasteiger partial charge in [0.15, 0.2) is 11.6 Å². The second-order valence-corrected chi connectivity index (χ2v) is 4.89. The summed E-state index contributed by atoms with van der Waals surface area (Å²) in [4.78, 5) is 0. The predicted molar refractivity (Wildman–Crippen MR) is 66.8 cm³/mol. The summed E-state index contributed by atoms with van der Waals surface area (Å²) in [5.41, 5.74) is 0.769. The molecule has 2 nitrogen and oxygen atoms in total. The van der Waals surface area contributed by atoms with Gasteiger partial charge in [0.2, 0.25) is 0 Å². The van der Waals surface area contributed by atoms with Crippen LogP contribution in [0, 0.1) is 11.7 Å². The SMILES string of the molecule is COc1cccc(CC2CCC(C)NC2)c1F. The van der Waals surface area contributed by atoms with Gasteiger partial charge in [-0.15, -0.1) is 0 Å². The smallest absolute Gasteiger partial charge is 0.168 e. The Balaban J connectivity index is 2.03. The number of halogens is 1. The standard InChI is InChI=1S/C14H20FNO/c1-10-6-7-11(9-16-10)8-12-4-3-5-13(17-2)14(12)15/h3-5,10-11,16H,6-9H2,1-2H3. The monoisotopic (exact) mass is 237 g/mol. The van der Waals surface area contributed by atoms with Crippen LogP contribution in [0.4, 0.5) is 4.39 Å². The predicted octanol–water partition coefficient (Wildman–Crippen LogP) is 2.76. The summed E-state index contributed by atoms with van der Waals surface area (Å²) in [7, 11) is 1.51. The number of piperidine rings is 1. The van der Waals surface area contributed by atoms with E-state index >= 15 is 0 Å². The van der Waals surface area contributed by atoms with Gasteiger partial charge in [-0.05, 0) is 50.3 Å². The van der Waals surface area contributed by atoms with E-state index in [4.69, 9.17) is 4.74 Å². The summed E-state index contributed by atoms with van der Waals surface area (Å²) in [5, 5.41) is 3.45. The van der Waals surface area contributed by atoms with Crippen molar-refractivity contribution in [2.45, 2.75) is 32.2 Å². The van der Waals surface area contributed by atoms with Crippen molar-refractivity contribution in [1.82, 2.24) is 5.32 Å². The molecular formula is C14H20FNO. The lowest BCUT2D eigenvalue weighted by molar-refractivity contribution is 0.317. The Kier molecular flexibility index (Phi) is 4.00. The van der Waals surface area contributed by atoms with Crippen LogP contribution in [0.5, 0.6) is 5.75 Å². The van der Waals surface area contributed by atoms with Crippen molar-refractivity contribution in [2.24, 2.45) is 5.92 Å². The van der Waals surface area contributed by atoms with Crippen molar-refractivity contribution < 1.29 is 9.13 Å². The average molecular weight is 237 g/mol. The molecule has 17 heavy (non-hydrogen) atoms. The first-order valence-corrected chi connectivity index (χ1v) is 6.25. The van der Waals surface area contributed by atoms with Crippen LogP contribution in [-0.4, -0.2) is 19.7 Å². The van der Waals surface area contributed by atoms with E-state index in [1.807, 2.05) is 12.1 Å². The molecule has 1 fully saturated rings. The van der Waals surface area contributed by atoms with Crippen LogP contribution in [0.3, 0.4) is 0 Å². The highest BCUT2D eigenvalue weighted by atomic mass is 19.1. The average Bonchev–Trinajstić information content (AvgIpc) is 2.35. The molecule has 1 saturated heterocycles. The van der Waals surface area contributed by atoms with Gasteiger partial charge < -0.3 is 10.1 Å². The van der Waals surface area contributed by atoms with Crippen LogP contribution in [0.2, 0.25) is 0 Å². The number of ether oxygens (including phenoxy) is 1. The van der Waals surface area contributed by atoms with E-state index in [2.05, 4.69) is 12.2 Å². The van der Waals surface area contributed by atoms with Crippen molar-refractivity contribution in [3.05, 3.63) is 29.6 Å². The molecule has 0 spiro atoms. The Bertz CT molecular complexity index is 372. The largest absolute Gasteiger partial charge is 0.494 e. The lowest BCUT2D eigenvalue weighted by atomic mass is 9.89. The van der Waals surface area contributed by atoms with Crippen LogP contribution < -0.4 is 10.1 Å². The molecule has 0 saturated carbocycles. The minimum absolute atomic E-state index is 0.200. The number of rotatable bonds is 3. The minimum Gasteiger partial charge on any atom is -0.494 e. The maximum Gasteiger partial charge on any atom is 0.168 e. The van der Waals surface area contributed by atoms with Gasteiger partial charge in [0, 0.05) is 6.04 Å². The van der Waals surface area contributed by atoms with E-state index in [-0.39, 0.29) is 5.82 Å². The maximum absolute atomic E-state index is 14.0. The van der Waals surface area contributed by atoms with Crippen LogP contribution in [0.1, 0.15) is 25.3 Å². The summed E-state index contributed by atoms with van der Waals surface area (Å²) in [5.74, 6) is 0.682. The van der Waals surface area contributed by atoms with Crippen LogP contribution in [0.25, 0.3) is 0 Å². The van der Waals surface area contributed by atoms with Crippen molar-refractivity contribution in [3.63, 3.8) is 0 Å². The van der Waals surface area contributed by atoms with Gasteiger partial charge in [-0.1, -0.05) is 12.1 Å². The topological polar surface area (TPSA) is 21.3 Å². The molecule has 1 aromatic rings. The maximum atomic E-state index is 14.0. The first-order chi connectivity index (χ1) is 8.20. The van der Waals surface area contributed by atoms with Crippen molar-refractivity contribution in [1.29, 1.82) is 0 Å². The molecule has 2 atom stereocenters. The van der Waals surface area contributed by atoms with E-state index in [9.17, 15) is 4.39 Å². The molecule has 1 aromatic carbocycles. The number of benzene rings is 1. The fourth-order valence-electron chi connectivity index (χ4n) is 2.41. The van der Waals surface area contributed by atoms with E-state index in [0.29, 0.717) is 17.7 Å². The second kappa shape index (κ2) is 5.50. The van der Waals surface area contributed by atoms with Gasteiger partial charge >= 0.3 is 0 Å². The Hall–Kier alpha value is -1.09. The zero-order valence-corrected chi connectivity index (χ0v) is 10.5. The summed E-state index contributed by atoms with van der Waals surface area (Å²) in [6.07, 6.45) is 3.14. The molecule has 0 aliphatic carbocycles. The summed E-state index contributed by atoms with van der Waals surface area (Å²) in [6.45, 7) is 3.18. The lowest BCUT2D eigenvalue weighted by Crippen LogP contribution is -2.37. The van der Waals surface area contributed by atoms with E-state index < -0.39 is 0 Å². The molecular weight excluding hydrogens is 217 g/mol. The Morgan fingerprint density at radius 3 is 2.88 bits per heavy atom. The van der Waals surface area contributed by atoms with Crippen LogP contribution in [-0.2, 0) is 6.42 Å².